The Morgan fingerprint density at radius 3 is 2.42 bits per heavy atom. The third-order valence-electron chi connectivity index (χ3n) is 3.66. The van der Waals surface area contributed by atoms with Crippen molar-refractivity contribution in [2.45, 2.75) is 32.4 Å². The molecule has 0 bridgehead atoms. The number of benzene rings is 1. The number of halogens is 4. The van der Waals surface area contributed by atoms with Crippen molar-refractivity contribution in [3.63, 3.8) is 0 Å². The van der Waals surface area contributed by atoms with Crippen LogP contribution in [-0.4, -0.2) is 13.1 Å². The Balaban J connectivity index is 2.29. The van der Waals surface area contributed by atoms with E-state index in [0.29, 0.717) is 6.42 Å². The molecule has 106 valence electrons. The summed E-state index contributed by atoms with van der Waals surface area (Å²) >= 11 is 0. The Labute approximate surface area is 110 Å². The number of rotatable bonds is 2. The van der Waals surface area contributed by atoms with Gasteiger partial charge in [0.2, 0.25) is 0 Å². The van der Waals surface area contributed by atoms with Gasteiger partial charge in [-0.15, -0.1) is 0 Å². The van der Waals surface area contributed by atoms with E-state index in [1.54, 1.807) is 0 Å². The van der Waals surface area contributed by atoms with Gasteiger partial charge in [-0.05, 0) is 68.5 Å². The second-order valence-corrected chi connectivity index (χ2v) is 5.15. The van der Waals surface area contributed by atoms with Crippen molar-refractivity contribution in [2.24, 2.45) is 5.92 Å². The molecule has 0 aliphatic carbocycles. The normalized spacial score (nSPS) is 17.7. The van der Waals surface area contributed by atoms with Crippen LogP contribution in [0.2, 0.25) is 0 Å². The first kappa shape index (κ1) is 14.3. The molecule has 0 unspecified atom stereocenters. The lowest BCUT2D eigenvalue weighted by atomic mass is 9.88. The molecule has 1 aliphatic heterocycles. The first-order valence-corrected chi connectivity index (χ1v) is 6.45. The van der Waals surface area contributed by atoms with Crippen molar-refractivity contribution in [3.05, 3.63) is 34.6 Å². The van der Waals surface area contributed by atoms with Crippen LogP contribution in [0.4, 0.5) is 17.6 Å². The molecule has 1 aromatic carbocycles. The summed E-state index contributed by atoms with van der Waals surface area (Å²) in [5, 5.41) is 3.17. The fourth-order valence-corrected chi connectivity index (χ4v) is 2.55. The summed E-state index contributed by atoms with van der Waals surface area (Å²) in [5.41, 5.74) is -0.561. The van der Waals surface area contributed by atoms with E-state index in [0.717, 1.165) is 38.1 Å². The largest absolute Gasteiger partial charge is 0.416 e. The number of piperidine rings is 1. The molecule has 0 amide bonds. The van der Waals surface area contributed by atoms with Crippen LogP contribution in [0.3, 0.4) is 0 Å². The minimum atomic E-state index is -4.42. The molecular formula is C14H17F4N. The van der Waals surface area contributed by atoms with Gasteiger partial charge in [0, 0.05) is 0 Å². The van der Waals surface area contributed by atoms with Crippen LogP contribution >= 0.6 is 0 Å². The third kappa shape index (κ3) is 3.47. The lowest BCUT2D eigenvalue weighted by Crippen LogP contribution is -2.29. The molecule has 1 aromatic rings. The molecule has 1 aliphatic rings. The van der Waals surface area contributed by atoms with E-state index in [-0.39, 0.29) is 17.0 Å². The molecule has 0 atom stereocenters. The molecule has 0 aromatic heterocycles. The SMILES string of the molecule is Cc1cc(C(F)(F)F)c(CC2CCNCC2)cc1F. The average Bonchev–Trinajstić information content (AvgIpc) is 2.33. The molecule has 0 saturated carbocycles. The Morgan fingerprint density at radius 1 is 1.21 bits per heavy atom. The minimum absolute atomic E-state index is 0.0429. The molecule has 5 heteroatoms. The van der Waals surface area contributed by atoms with Crippen LogP contribution in [0.15, 0.2) is 12.1 Å². The second-order valence-electron chi connectivity index (χ2n) is 5.15. The molecule has 1 N–H and O–H groups in total. The van der Waals surface area contributed by atoms with Gasteiger partial charge in [-0.3, -0.25) is 0 Å². The van der Waals surface area contributed by atoms with Crippen molar-refractivity contribution in [2.75, 3.05) is 13.1 Å². The van der Waals surface area contributed by atoms with Crippen molar-refractivity contribution < 1.29 is 17.6 Å². The van der Waals surface area contributed by atoms with Gasteiger partial charge in [0.05, 0.1) is 5.56 Å². The number of hydrogen-bond acceptors (Lipinski definition) is 1. The Hall–Kier alpha value is -1.10. The van der Waals surface area contributed by atoms with Crippen LogP contribution in [-0.2, 0) is 12.6 Å². The maximum atomic E-state index is 13.5. The van der Waals surface area contributed by atoms with Crippen LogP contribution in [0.1, 0.15) is 29.5 Å². The van der Waals surface area contributed by atoms with Crippen molar-refractivity contribution in [1.29, 1.82) is 0 Å². The highest BCUT2D eigenvalue weighted by Crippen LogP contribution is 2.35. The van der Waals surface area contributed by atoms with Gasteiger partial charge in [0.15, 0.2) is 0 Å². The lowest BCUT2D eigenvalue weighted by Gasteiger charge is -2.24. The zero-order valence-electron chi connectivity index (χ0n) is 10.8. The number of aryl methyl sites for hydroxylation is 1. The van der Waals surface area contributed by atoms with E-state index in [9.17, 15) is 17.6 Å². The third-order valence-corrected chi connectivity index (χ3v) is 3.66. The van der Waals surface area contributed by atoms with E-state index in [2.05, 4.69) is 5.32 Å². The van der Waals surface area contributed by atoms with Gasteiger partial charge in [-0.25, -0.2) is 4.39 Å². The first-order valence-electron chi connectivity index (χ1n) is 6.45. The standard InChI is InChI=1S/C14H17F4N/c1-9-6-12(14(16,17)18)11(8-13(9)15)7-10-2-4-19-5-3-10/h6,8,10,19H,2-5,7H2,1H3. The van der Waals surface area contributed by atoms with Crippen LogP contribution in [0.5, 0.6) is 0 Å². The van der Waals surface area contributed by atoms with E-state index in [1.165, 1.54) is 6.92 Å². The molecule has 1 saturated heterocycles. The zero-order chi connectivity index (χ0) is 14.0. The van der Waals surface area contributed by atoms with E-state index in [1.807, 2.05) is 0 Å². The van der Waals surface area contributed by atoms with E-state index < -0.39 is 17.6 Å². The summed E-state index contributed by atoms with van der Waals surface area (Å²) in [7, 11) is 0. The molecular weight excluding hydrogens is 258 g/mol. The molecule has 1 heterocycles. The van der Waals surface area contributed by atoms with Crippen molar-refractivity contribution >= 4 is 0 Å². The van der Waals surface area contributed by atoms with Gasteiger partial charge < -0.3 is 5.32 Å². The first-order chi connectivity index (χ1) is 8.88. The second kappa shape index (κ2) is 5.49. The smallest absolute Gasteiger partial charge is 0.317 e. The van der Waals surface area contributed by atoms with Crippen LogP contribution in [0, 0.1) is 18.7 Å². The summed E-state index contributed by atoms with van der Waals surface area (Å²) in [6.45, 7) is 3.00. The average molecular weight is 275 g/mol. The topological polar surface area (TPSA) is 12.0 Å². The van der Waals surface area contributed by atoms with Crippen LogP contribution in [0.25, 0.3) is 0 Å². The van der Waals surface area contributed by atoms with Crippen molar-refractivity contribution in [1.82, 2.24) is 5.32 Å². The zero-order valence-corrected chi connectivity index (χ0v) is 10.8. The summed E-state index contributed by atoms with van der Waals surface area (Å²) in [5.74, 6) is -0.360. The highest BCUT2D eigenvalue weighted by molar-refractivity contribution is 5.35. The predicted molar refractivity (Wildman–Crippen MR) is 65.4 cm³/mol. The Kier molecular flexibility index (Phi) is 4.13. The monoisotopic (exact) mass is 275 g/mol. The maximum absolute atomic E-state index is 13.5. The summed E-state index contributed by atoms with van der Waals surface area (Å²) in [4.78, 5) is 0. The summed E-state index contributed by atoms with van der Waals surface area (Å²) in [6, 6.07) is 1.98. The molecule has 1 nitrogen and oxygen atoms in total. The van der Waals surface area contributed by atoms with Gasteiger partial charge in [-0.1, -0.05) is 0 Å². The van der Waals surface area contributed by atoms with Gasteiger partial charge >= 0.3 is 6.18 Å². The highest BCUT2D eigenvalue weighted by Gasteiger charge is 2.34. The highest BCUT2D eigenvalue weighted by atomic mass is 19.4. The van der Waals surface area contributed by atoms with E-state index in [4.69, 9.17) is 0 Å². The van der Waals surface area contributed by atoms with Gasteiger partial charge in [0.1, 0.15) is 5.82 Å². The number of nitrogens with one attached hydrogen (secondary N) is 1. The predicted octanol–water partition coefficient (Wildman–Crippen LogP) is 3.70. The molecule has 0 spiro atoms. The van der Waals surface area contributed by atoms with Crippen molar-refractivity contribution in [3.8, 4) is 0 Å². The molecule has 19 heavy (non-hydrogen) atoms. The maximum Gasteiger partial charge on any atom is 0.416 e. The fraction of sp³-hybridized carbons (Fsp3) is 0.571. The summed E-state index contributed by atoms with van der Waals surface area (Å²) in [6.07, 6.45) is -2.44. The van der Waals surface area contributed by atoms with Gasteiger partial charge in [0.25, 0.3) is 0 Å². The fourth-order valence-electron chi connectivity index (χ4n) is 2.55. The number of hydrogen-bond donors (Lipinski definition) is 1. The Morgan fingerprint density at radius 2 is 1.84 bits per heavy atom. The van der Waals surface area contributed by atoms with Gasteiger partial charge in [-0.2, -0.15) is 13.2 Å². The summed E-state index contributed by atoms with van der Waals surface area (Å²) < 4.78 is 52.5. The Bertz CT molecular complexity index is 447. The minimum Gasteiger partial charge on any atom is -0.317 e. The van der Waals surface area contributed by atoms with E-state index >= 15 is 0 Å². The lowest BCUT2D eigenvalue weighted by molar-refractivity contribution is -0.138. The molecule has 2 rings (SSSR count). The molecule has 1 fully saturated rings. The molecule has 0 radical (unpaired) electrons. The number of alkyl halides is 3. The van der Waals surface area contributed by atoms with Crippen LogP contribution < -0.4 is 5.32 Å². The quantitative estimate of drug-likeness (QED) is 0.812.